The number of aromatic nitrogens is 2. The predicted molar refractivity (Wildman–Crippen MR) is 78.4 cm³/mol. The average molecular weight is 258 g/mol. The van der Waals surface area contributed by atoms with Crippen molar-refractivity contribution in [3.05, 3.63) is 29.1 Å². The van der Waals surface area contributed by atoms with Crippen molar-refractivity contribution in [2.24, 2.45) is 0 Å². The zero-order valence-corrected chi connectivity index (χ0v) is 12.0. The fourth-order valence-electron chi connectivity index (χ4n) is 2.93. The summed E-state index contributed by atoms with van der Waals surface area (Å²) in [4.78, 5) is 10.8. The highest BCUT2D eigenvalue weighted by Gasteiger charge is 2.20. The van der Waals surface area contributed by atoms with Crippen LogP contribution < -0.4 is 5.32 Å². The van der Waals surface area contributed by atoms with Crippen molar-refractivity contribution in [2.45, 2.75) is 26.8 Å². The number of fused-ring (bicyclic) bond motifs is 1. The average Bonchev–Trinajstić information content (AvgIpc) is 2.83. The van der Waals surface area contributed by atoms with Gasteiger partial charge in [-0.3, -0.25) is 4.90 Å². The van der Waals surface area contributed by atoms with Crippen LogP contribution in [-0.2, 0) is 0 Å². The Hall–Kier alpha value is -1.39. The van der Waals surface area contributed by atoms with Crippen LogP contribution in [-0.4, -0.2) is 41.0 Å². The molecule has 1 unspecified atom stereocenters. The van der Waals surface area contributed by atoms with Gasteiger partial charge in [-0.05, 0) is 38.0 Å². The number of nitrogens with zero attached hydrogens (tertiary/aromatic N) is 2. The Labute approximate surface area is 114 Å². The maximum atomic E-state index is 4.81. The summed E-state index contributed by atoms with van der Waals surface area (Å²) in [5, 5.41) is 3.39. The number of H-pyrrole nitrogens is 1. The molecule has 102 valence electrons. The van der Waals surface area contributed by atoms with E-state index in [4.69, 9.17) is 4.98 Å². The maximum absolute atomic E-state index is 4.81. The van der Waals surface area contributed by atoms with Crippen LogP contribution in [0.5, 0.6) is 0 Å². The minimum Gasteiger partial charge on any atom is -0.341 e. The van der Waals surface area contributed by atoms with Crippen LogP contribution >= 0.6 is 0 Å². The summed E-state index contributed by atoms with van der Waals surface area (Å²) < 4.78 is 0. The third-order valence-electron chi connectivity index (χ3n) is 4.03. The first-order valence-corrected chi connectivity index (χ1v) is 7.07. The highest BCUT2D eigenvalue weighted by Crippen LogP contribution is 2.24. The van der Waals surface area contributed by atoms with Gasteiger partial charge in [-0.25, -0.2) is 4.98 Å². The third kappa shape index (κ3) is 2.38. The van der Waals surface area contributed by atoms with Crippen molar-refractivity contribution in [3.8, 4) is 0 Å². The van der Waals surface area contributed by atoms with Crippen LogP contribution in [0.1, 0.15) is 29.9 Å². The van der Waals surface area contributed by atoms with Gasteiger partial charge in [0.15, 0.2) is 0 Å². The van der Waals surface area contributed by atoms with Gasteiger partial charge in [0.2, 0.25) is 0 Å². The topological polar surface area (TPSA) is 44.0 Å². The molecule has 0 amide bonds. The number of nitrogens with one attached hydrogen (secondary N) is 2. The monoisotopic (exact) mass is 258 g/mol. The van der Waals surface area contributed by atoms with Gasteiger partial charge in [0.05, 0.1) is 17.1 Å². The number of rotatable bonds is 2. The summed E-state index contributed by atoms with van der Waals surface area (Å²) in [6.45, 7) is 10.8. The van der Waals surface area contributed by atoms with E-state index in [9.17, 15) is 0 Å². The molecule has 1 aliphatic rings. The number of piperazine rings is 1. The molecular formula is C15H22N4. The molecule has 2 heterocycles. The zero-order valence-electron chi connectivity index (χ0n) is 12.0. The first-order valence-electron chi connectivity index (χ1n) is 7.07. The number of hydrogen-bond acceptors (Lipinski definition) is 3. The normalized spacial score (nSPS) is 18.9. The molecule has 0 radical (unpaired) electrons. The summed E-state index contributed by atoms with van der Waals surface area (Å²) in [6.07, 6.45) is 0. The Kier molecular flexibility index (Phi) is 3.29. The summed E-state index contributed by atoms with van der Waals surface area (Å²) in [5.74, 6) is 1.09. The second kappa shape index (κ2) is 4.94. The molecule has 2 N–H and O–H groups in total. The highest BCUT2D eigenvalue weighted by molar-refractivity contribution is 5.79. The molecule has 19 heavy (non-hydrogen) atoms. The van der Waals surface area contributed by atoms with Crippen LogP contribution in [0.4, 0.5) is 0 Å². The number of aromatic amines is 1. The summed E-state index contributed by atoms with van der Waals surface area (Å²) >= 11 is 0. The molecule has 1 atom stereocenters. The minimum atomic E-state index is 0.356. The molecule has 0 saturated carbocycles. The highest BCUT2D eigenvalue weighted by atomic mass is 15.2. The lowest BCUT2D eigenvalue weighted by atomic mass is 10.1. The van der Waals surface area contributed by atoms with Crippen molar-refractivity contribution in [2.75, 3.05) is 26.2 Å². The van der Waals surface area contributed by atoms with E-state index in [2.05, 4.69) is 48.1 Å². The van der Waals surface area contributed by atoms with E-state index in [0.29, 0.717) is 6.04 Å². The van der Waals surface area contributed by atoms with Crippen LogP contribution in [0.25, 0.3) is 11.0 Å². The fraction of sp³-hybridized carbons (Fsp3) is 0.533. The fourth-order valence-corrected chi connectivity index (χ4v) is 2.93. The predicted octanol–water partition coefficient (Wildman–Crippen LogP) is 2.15. The molecule has 1 saturated heterocycles. The Morgan fingerprint density at radius 1 is 1.21 bits per heavy atom. The van der Waals surface area contributed by atoms with E-state index in [1.807, 2.05) is 0 Å². The Bertz CT molecular complexity index is 581. The van der Waals surface area contributed by atoms with E-state index in [-0.39, 0.29) is 0 Å². The van der Waals surface area contributed by atoms with Crippen LogP contribution in [0.15, 0.2) is 12.1 Å². The van der Waals surface area contributed by atoms with Gasteiger partial charge in [0.25, 0.3) is 0 Å². The Morgan fingerprint density at radius 3 is 2.68 bits per heavy atom. The number of hydrogen-bond donors (Lipinski definition) is 2. The van der Waals surface area contributed by atoms with Gasteiger partial charge in [-0.15, -0.1) is 0 Å². The van der Waals surface area contributed by atoms with E-state index in [0.717, 1.165) is 43.0 Å². The molecule has 3 rings (SSSR count). The van der Waals surface area contributed by atoms with Gasteiger partial charge in [0.1, 0.15) is 5.82 Å². The van der Waals surface area contributed by atoms with Crippen molar-refractivity contribution >= 4 is 11.0 Å². The lowest BCUT2D eigenvalue weighted by Gasteiger charge is -2.31. The number of aryl methyl sites for hydroxylation is 2. The minimum absolute atomic E-state index is 0.356. The first-order chi connectivity index (χ1) is 9.15. The van der Waals surface area contributed by atoms with Crippen molar-refractivity contribution in [1.29, 1.82) is 0 Å². The molecule has 4 heteroatoms. The quantitative estimate of drug-likeness (QED) is 0.867. The number of benzene rings is 1. The molecule has 2 aromatic rings. The van der Waals surface area contributed by atoms with Crippen LogP contribution in [0.3, 0.4) is 0 Å². The molecule has 0 spiro atoms. The molecule has 0 bridgehead atoms. The van der Waals surface area contributed by atoms with Crippen LogP contribution in [0.2, 0.25) is 0 Å². The van der Waals surface area contributed by atoms with E-state index >= 15 is 0 Å². The van der Waals surface area contributed by atoms with Crippen molar-refractivity contribution < 1.29 is 0 Å². The van der Waals surface area contributed by atoms with Crippen molar-refractivity contribution in [3.63, 3.8) is 0 Å². The summed E-state index contributed by atoms with van der Waals surface area (Å²) in [6, 6.07) is 4.74. The molecule has 1 fully saturated rings. The summed E-state index contributed by atoms with van der Waals surface area (Å²) in [7, 11) is 0. The third-order valence-corrected chi connectivity index (χ3v) is 4.03. The Balaban J connectivity index is 1.94. The second-order valence-electron chi connectivity index (χ2n) is 5.56. The standard InChI is InChI=1S/C15H22N4/c1-10-8-11(2)14-13(9-10)17-15(18-14)12(3)19-6-4-16-5-7-19/h8-9,12,16H,4-7H2,1-3H3,(H,17,18). The molecule has 0 aliphatic carbocycles. The van der Waals surface area contributed by atoms with Crippen molar-refractivity contribution in [1.82, 2.24) is 20.2 Å². The SMILES string of the molecule is Cc1cc(C)c2nc(C(C)N3CCNCC3)[nH]c2c1. The van der Waals surface area contributed by atoms with Gasteiger partial charge >= 0.3 is 0 Å². The maximum Gasteiger partial charge on any atom is 0.124 e. The van der Waals surface area contributed by atoms with Crippen LogP contribution in [0, 0.1) is 13.8 Å². The molecule has 1 aromatic carbocycles. The zero-order chi connectivity index (χ0) is 13.4. The smallest absolute Gasteiger partial charge is 0.124 e. The second-order valence-corrected chi connectivity index (χ2v) is 5.56. The van der Waals surface area contributed by atoms with Gasteiger partial charge in [0, 0.05) is 26.2 Å². The van der Waals surface area contributed by atoms with Gasteiger partial charge in [-0.2, -0.15) is 0 Å². The summed E-state index contributed by atoms with van der Waals surface area (Å²) in [5.41, 5.74) is 4.82. The molecule has 1 aromatic heterocycles. The first kappa shape index (κ1) is 12.6. The Morgan fingerprint density at radius 2 is 1.95 bits per heavy atom. The number of imidazole rings is 1. The molecule has 1 aliphatic heterocycles. The van der Waals surface area contributed by atoms with Gasteiger partial charge in [-0.1, -0.05) is 6.07 Å². The lowest BCUT2D eigenvalue weighted by Crippen LogP contribution is -2.44. The van der Waals surface area contributed by atoms with E-state index in [1.165, 1.54) is 11.1 Å². The molecule has 4 nitrogen and oxygen atoms in total. The van der Waals surface area contributed by atoms with E-state index in [1.54, 1.807) is 0 Å². The van der Waals surface area contributed by atoms with Gasteiger partial charge < -0.3 is 10.3 Å². The largest absolute Gasteiger partial charge is 0.341 e. The lowest BCUT2D eigenvalue weighted by molar-refractivity contribution is 0.180. The molecular weight excluding hydrogens is 236 g/mol. The van der Waals surface area contributed by atoms with E-state index < -0.39 is 0 Å².